The molecule has 2 aromatic rings. The van der Waals surface area contributed by atoms with Gasteiger partial charge in [-0.2, -0.15) is 0 Å². The highest BCUT2D eigenvalue weighted by Gasteiger charge is 2.23. The van der Waals surface area contributed by atoms with E-state index in [1.54, 1.807) is 11.8 Å². The molecule has 2 heterocycles. The minimum atomic E-state index is 0.162. The summed E-state index contributed by atoms with van der Waals surface area (Å²) in [5.74, 6) is 0.693. The fourth-order valence-electron chi connectivity index (χ4n) is 4.07. The van der Waals surface area contributed by atoms with Gasteiger partial charge in [-0.15, -0.1) is 11.8 Å². The highest BCUT2D eigenvalue weighted by Crippen LogP contribution is 2.27. The van der Waals surface area contributed by atoms with Crippen LogP contribution in [0.3, 0.4) is 0 Å². The van der Waals surface area contributed by atoms with E-state index < -0.39 is 0 Å². The summed E-state index contributed by atoms with van der Waals surface area (Å²) in [5, 5.41) is 3.47. The van der Waals surface area contributed by atoms with Crippen molar-refractivity contribution in [3.63, 3.8) is 0 Å². The zero-order valence-corrected chi connectivity index (χ0v) is 16.1. The van der Waals surface area contributed by atoms with Gasteiger partial charge in [0, 0.05) is 30.1 Å². The summed E-state index contributed by atoms with van der Waals surface area (Å²) in [6.45, 7) is 3.66. The summed E-state index contributed by atoms with van der Waals surface area (Å²) in [4.78, 5) is 16.4. The third-order valence-corrected chi connectivity index (χ3v) is 6.34. The lowest BCUT2D eigenvalue weighted by Crippen LogP contribution is -2.36. The second kappa shape index (κ2) is 7.85. The van der Waals surface area contributed by atoms with Gasteiger partial charge in [-0.25, -0.2) is 0 Å². The van der Waals surface area contributed by atoms with Crippen LogP contribution in [-0.4, -0.2) is 36.7 Å². The number of nitrogens with one attached hydrogen (secondary N) is 1. The Morgan fingerprint density at radius 2 is 2.12 bits per heavy atom. The molecular formula is C22H26N2OS. The van der Waals surface area contributed by atoms with Crippen LogP contribution in [0.25, 0.3) is 0 Å². The maximum atomic E-state index is 13.1. The van der Waals surface area contributed by atoms with E-state index in [2.05, 4.69) is 41.9 Å². The van der Waals surface area contributed by atoms with Gasteiger partial charge in [-0.05, 0) is 78.9 Å². The van der Waals surface area contributed by atoms with Crippen molar-refractivity contribution in [3.05, 3.63) is 64.7 Å². The molecule has 26 heavy (non-hydrogen) atoms. The third-order valence-electron chi connectivity index (χ3n) is 5.61. The van der Waals surface area contributed by atoms with Gasteiger partial charge in [-0.1, -0.05) is 18.2 Å². The summed E-state index contributed by atoms with van der Waals surface area (Å²) >= 11 is 1.77. The van der Waals surface area contributed by atoms with Crippen LogP contribution in [0, 0.1) is 0 Å². The second-order valence-corrected chi connectivity index (χ2v) is 8.16. The average molecular weight is 367 g/mol. The first-order valence-electron chi connectivity index (χ1n) is 9.50. The first kappa shape index (κ1) is 17.6. The topological polar surface area (TPSA) is 32.3 Å². The first-order chi connectivity index (χ1) is 12.7. The Hall–Kier alpha value is -1.78. The fourth-order valence-corrected chi connectivity index (χ4v) is 4.54. The zero-order chi connectivity index (χ0) is 17.9. The minimum absolute atomic E-state index is 0.162. The van der Waals surface area contributed by atoms with Crippen molar-refractivity contribution in [1.82, 2.24) is 10.2 Å². The van der Waals surface area contributed by atoms with Gasteiger partial charge in [0.05, 0.1) is 0 Å². The molecule has 0 aromatic heterocycles. The Bertz CT molecular complexity index is 798. The monoisotopic (exact) mass is 366 g/mol. The molecule has 4 rings (SSSR count). The summed E-state index contributed by atoms with van der Waals surface area (Å²) in [6, 6.07) is 14.9. The van der Waals surface area contributed by atoms with Gasteiger partial charge in [0.25, 0.3) is 5.91 Å². The van der Waals surface area contributed by atoms with E-state index in [9.17, 15) is 4.79 Å². The lowest BCUT2D eigenvalue weighted by molar-refractivity contribution is 0.0734. The van der Waals surface area contributed by atoms with Gasteiger partial charge in [0.2, 0.25) is 0 Å². The predicted octanol–water partition coefficient (Wildman–Crippen LogP) is 4.07. The number of hydrogen-bond acceptors (Lipinski definition) is 3. The van der Waals surface area contributed by atoms with Crippen LogP contribution in [-0.2, 0) is 13.0 Å². The number of thioether (sulfide) groups is 1. The number of carbonyl (C=O) groups is 1. The van der Waals surface area contributed by atoms with Crippen molar-refractivity contribution in [2.45, 2.75) is 36.6 Å². The molecule has 4 heteroatoms. The molecule has 0 spiro atoms. The molecule has 2 aromatic carbocycles. The van der Waals surface area contributed by atoms with Crippen molar-refractivity contribution in [3.8, 4) is 0 Å². The molecule has 1 N–H and O–H groups in total. The zero-order valence-electron chi connectivity index (χ0n) is 15.3. The number of amides is 1. The Kier molecular flexibility index (Phi) is 5.32. The molecule has 1 amide bonds. The number of benzene rings is 2. The molecular weight excluding hydrogens is 340 g/mol. The molecule has 136 valence electrons. The number of nitrogens with zero attached hydrogens (tertiary/aromatic N) is 1. The number of hydrogen-bond donors (Lipinski definition) is 1. The Morgan fingerprint density at radius 1 is 1.19 bits per heavy atom. The highest BCUT2D eigenvalue weighted by atomic mass is 32.2. The van der Waals surface area contributed by atoms with Crippen LogP contribution in [0.1, 0.15) is 45.8 Å². The number of rotatable bonds is 3. The van der Waals surface area contributed by atoms with Crippen LogP contribution >= 0.6 is 11.8 Å². The summed E-state index contributed by atoms with van der Waals surface area (Å²) in [6.07, 6.45) is 5.47. The number of fused-ring (bicyclic) bond motifs is 1. The highest BCUT2D eigenvalue weighted by molar-refractivity contribution is 7.98. The van der Waals surface area contributed by atoms with Crippen LogP contribution < -0.4 is 5.32 Å². The van der Waals surface area contributed by atoms with Gasteiger partial charge >= 0.3 is 0 Å². The van der Waals surface area contributed by atoms with Crippen LogP contribution in [0.2, 0.25) is 0 Å². The van der Waals surface area contributed by atoms with Gasteiger partial charge in [0.1, 0.15) is 0 Å². The number of piperidine rings is 1. The van der Waals surface area contributed by atoms with E-state index in [0.29, 0.717) is 5.92 Å². The standard InChI is InChI=1S/C22H26N2OS/c1-26-21-8-7-20-15-24(11-9-17(20)13-21)22(25)18-5-2-4-16(12-18)19-6-3-10-23-14-19/h2,4-5,7-8,12-13,19,23H,3,6,9-11,14-15H2,1H3/t19-/m0/s1. The first-order valence-corrected chi connectivity index (χ1v) is 10.7. The van der Waals surface area contributed by atoms with Crippen molar-refractivity contribution in [1.29, 1.82) is 0 Å². The molecule has 1 atom stereocenters. The third kappa shape index (κ3) is 3.67. The van der Waals surface area contributed by atoms with Crippen molar-refractivity contribution < 1.29 is 4.79 Å². The van der Waals surface area contributed by atoms with Crippen LogP contribution in [0.5, 0.6) is 0 Å². The second-order valence-electron chi connectivity index (χ2n) is 7.28. The molecule has 0 radical (unpaired) electrons. The van der Waals surface area contributed by atoms with Crippen molar-refractivity contribution >= 4 is 17.7 Å². The summed E-state index contributed by atoms with van der Waals surface area (Å²) in [7, 11) is 0. The van der Waals surface area contributed by atoms with Crippen molar-refractivity contribution in [2.24, 2.45) is 0 Å². The molecule has 3 nitrogen and oxygen atoms in total. The maximum Gasteiger partial charge on any atom is 0.254 e. The molecule has 1 fully saturated rings. The summed E-state index contributed by atoms with van der Waals surface area (Å²) in [5.41, 5.74) is 4.81. The molecule has 2 aliphatic heterocycles. The SMILES string of the molecule is CSc1ccc2c(c1)CCN(C(=O)c1cccc([C@H]3CCCNC3)c1)C2. The van der Waals surface area contributed by atoms with E-state index in [1.165, 1.54) is 34.4 Å². The van der Waals surface area contributed by atoms with Crippen LogP contribution in [0.15, 0.2) is 47.4 Å². The summed E-state index contributed by atoms with van der Waals surface area (Å²) < 4.78 is 0. The molecule has 0 saturated carbocycles. The Balaban J connectivity index is 1.51. The maximum absolute atomic E-state index is 13.1. The van der Waals surface area contributed by atoms with Gasteiger partial charge in [0.15, 0.2) is 0 Å². The van der Waals surface area contributed by atoms with E-state index in [4.69, 9.17) is 0 Å². The van der Waals surface area contributed by atoms with E-state index in [1.807, 2.05) is 17.0 Å². The smallest absolute Gasteiger partial charge is 0.254 e. The van der Waals surface area contributed by atoms with E-state index >= 15 is 0 Å². The van der Waals surface area contributed by atoms with Gasteiger partial charge < -0.3 is 10.2 Å². The fraction of sp³-hybridized carbons (Fsp3) is 0.409. The van der Waals surface area contributed by atoms with Crippen molar-refractivity contribution in [2.75, 3.05) is 25.9 Å². The average Bonchev–Trinajstić information content (AvgIpc) is 2.73. The van der Waals surface area contributed by atoms with Crippen LogP contribution in [0.4, 0.5) is 0 Å². The van der Waals surface area contributed by atoms with E-state index in [-0.39, 0.29) is 5.91 Å². The normalized spacial score (nSPS) is 19.9. The molecule has 0 unspecified atom stereocenters. The molecule has 0 bridgehead atoms. The van der Waals surface area contributed by atoms with Gasteiger partial charge in [-0.3, -0.25) is 4.79 Å². The molecule has 1 saturated heterocycles. The number of carbonyl (C=O) groups excluding carboxylic acids is 1. The molecule has 0 aliphatic carbocycles. The quantitative estimate of drug-likeness (QED) is 0.831. The predicted molar refractivity (Wildman–Crippen MR) is 108 cm³/mol. The minimum Gasteiger partial charge on any atom is -0.334 e. The Morgan fingerprint density at radius 3 is 2.92 bits per heavy atom. The lowest BCUT2D eigenvalue weighted by Gasteiger charge is -2.30. The Labute approximate surface area is 160 Å². The molecule has 2 aliphatic rings. The van der Waals surface area contributed by atoms with E-state index in [0.717, 1.165) is 38.2 Å². The lowest BCUT2D eigenvalue weighted by atomic mass is 9.90. The largest absolute Gasteiger partial charge is 0.334 e.